The number of fused-ring (bicyclic) bond motifs is 2. The fraction of sp³-hybridized carbons (Fsp3) is 0.542. The summed E-state index contributed by atoms with van der Waals surface area (Å²) in [4.78, 5) is 4.92. The minimum Gasteiger partial charge on any atom is -0.493 e. The van der Waals surface area contributed by atoms with Gasteiger partial charge in [0.15, 0.2) is 5.96 Å². The van der Waals surface area contributed by atoms with E-state index in [1.54, 1.807) is 6.26 Å². The normalized spacial score (nSPS) is 29.3. The number of benzene rings is 1. The summed E-state index contributed by atoms with van der Waals surface area (Å²) in [6, 6.07) is 12.7. The molecular formula is C24H31N3O3. The topological polar surface area (TPSA) is 68.0 Å². The van der Waals surface area contributed by atoms with Crippen molar-refractivity contribution in [1.29, 1.82) is 0 Å². The number of hydrogen-bond acceptors (Lipinski definition) is 4. The number of furan rings is 1. The molecule has 30 heavy (non-hydrogen) atoms. The van der Waals surface area contributed by atoms with Crippen LogP contribution >= 0.6 is 0 Å². The van der Waals surface area contributed by atoms with Crippen molar-refractivity contribution in [3.05, 3.63) is 54.0 Å². The summed E-state index contributed by atoms with van der Waals surface area (Å²) in [6.07, 6.45) is 4.88. The summed E-state index contributed by atoms with van der Waals surface area (Å²) in [5.41, 5.74) is 1.29. The summed E-state index contributed by atoms with van der Waals surface area (Å²) < 4.78 is 17.3. The molecule has 1 aromatic carbocycles. The Kier molecular flexibility index (Phi) is 5.19. The quantitative estimate of drug-likeness (QED) is 0.582. The van der Waals surface area contributed by atoms with Crippen molar-refractivity contribution in [2.24, 2.45) is 16.3 Å². The van der Waals surface area contributed by atoms with Gasteiger partial charge in [-0.15, -0.1) is 0 Å². The molecule has 160 valence electrons. The number of nitrogens with one attached hydrogen (secondary N) is 2. The van der Waals surface area contributed by atoms with E-state index in [9.17, 15) is 0 Å². The third-order valence-electron chi connectivity index (χ3n) is 6.87. The van der Waals surface area contributed by atoms with Gasteiger partial charge < -0.3 is 24.5 Å². The van der Waals surface area contributed by atoms with Crippen LogP contribution in [-0.4, -0.2) is 37.9 Å². The highest BCUT2D eigenvalue weighted by Crippen LogP contribution is 2.52. The van der Waals surface area contributed by atoms with Gasteiger partial charge in [0.05, 0.1) is 25.0 Å². The number of rotatable bonds is 5. The molecule has 3 heterocycles. The Morgan fingerprint density at radius 1 is 1.10 bits per heavy atom. The summed E-state index contributed by atoms with van der Waals surface area (Å²) in [5.74, 6) is 3.35. The maximum Gasteiger partial charge on any atom is 0.192 e. The van der Waals surface area contributed by atoms with E-state index >= 15 is 0 Å². The maximum atomic E-state index is 5.98. The van der Waals surface area contributed by atoms with Gasteiger partial charge in [-0.2, -0.15) is 0 Å². The number of hydrogen-bond donors (Lipinski definition) is 2. The molecule has 1 saturated carbocycles. The van der Waals surface area contributed by atoms with E-state index in [-0.39, 0.29) is 11.5 Å². The number of guanidine groups is 1. The predicted molar refractivity (Wildman–Crippen MR) is 116 cm³/mol. The lowest BCUT2D eigenvalue weighted by molar-refractivity contribution is -0.106. The van der Waals surface area contributed by atoms with Gasteiger partial charge in [-0.1, -0.05) is 32.0 Å². The molecule has 4 unspecified atom stereocenters. The van der Waals surface area contributed by atoms with E-state index in [1.165, 1.54) is 5.56 Å². The summed E-state index contributed by atoms with van der Waals surface area (Å²) >= 11 is 0. The highest BCUT2D eigenvalue weighted by atomic mass is 16.5. The molecule has 5 rings (SSSR count). The maximum absolute atomic E-state index is 5.98. The minimum absolute atomic E-state index is 0.0954. The van der Waals surface area contributed by atoms with E-state index in [0.29, 0.717) is 31.2 Å². The molecule has 2 aromatic rings. The van der Waals surface area contributed by atoms with E-state index in [0.717, 1.165) is 43.3 Å². The van der Waals surface area contributed by atoms with Crippen molar-refractivity contribution in [2.45, 2.75) is 51.3 Å². The van der Waals surface area contributed by atoms with Crippen LogP contribution in [-0.2, 0) is 11.2 Å². The molecule has 6 nitrogen and oxygen atoms in total. The molecule has 3 aliphatic rings. The van der Waals surface area contributed by atoms with Gasteiger partial charge in [0, 0.05) is 48.9 Å². The molecule has 2 aliphatic heterocycles. The van der Waals surface area contributed by atoms with E-state index in [1.807, 2.05) is 24.3 Å². The predicted octanol–water partition coefficient (Wildman–Crippen LogP) is 3.69. The van der Waals surface area contributed by atoms with E-state index in [2.05, 4.69) is 36.6 Å². The zero-order chi connectivity index (χ0) is 20.6. The first-order valence-corrected chi connectivity index (χ1v) is 11.1. The van der Waals surface area contributed by atoms with Crippen LogP contribution in [0.5, 0.6) is 5.75 Å². The van der Waals surface area contributed by atoms with Crippen LogP contribution in [0.4, 0.5) is 0 Å². The molecule has 0 radical (unpaired) electrons. The smallest absolute Gasteiger partial charge is 0.192 e. The summed E-state index contributed by atoms with van der Waals surface area (Å²) in [7, 11) is 0. The summed E-state index contributed by atoms with van der Waals surface area (Å²) in [6.45, 7) is 6.83. The second-order valence-electron chi connectivity index (χ2n) is 9.12. The highest BCUT2D eigenvalue weighted by Gasteiger charge is 2.59. The lowest BCUT2D eigenvalue weighted by Crippen LogP contribution is -2.68. The molecule has 1 aromatic heterocycles. The van der Waals surface area contributed by atoms with Crippen LogP contribution in [0.15, 0.2) is 52.1 Å². The highest BCUT2D eigenvalue weighted by molar-refractivity contribution is 5.81. The molecule has 1 aliphatic carbocycles. The molecule has 6 heteroatoms. The first kappa shape index (κ1) is 19.5. The Morgan fingerprint density at radius 2 is 2.00 bits per heavy atom. The monoisotopic (exact) mass is 409 g/mol. The molecule has 2 fully saturated rings. The van der Waals surface area contributed by atoms with Gasteiger partial charge in [-0.05, 0) is 24.6 Å². The van der Waals surface area contributed by atoms with Crippen LogP contribution < -0.4 is 15.4 Å². The zero-order valence-electron chi connectivity index (χ0n) is 17.8. The first-order chi connectivity index (χ1) is 14.6. The number of para-hydroxylation sites is 1. The number of aliphatic imine (C=N–C) groups is 1. The van der Waals surface area contributed by atoms with Crippen LogP contribution in [0.25, 0.3) is 0 Å². The summed E-state index contributed by atoms with van der Waals surface area (Å²) in [5, 5.41) is 7.46. The average molecular weight is 410 g/mol. The Bertz CT molecular complexity index is 893. The van der Waals surface area contributed by atoms with Gasteiger partial charge in [-0.25, -0.2) is 0 Å². The Balaban J connectivity index is 1.33. The Hall–Kier alpha value is -2.47. The van der Waals surface area contributed by atoms with Crippen molar-refractivity contribution in [3.63, 3.8) is 0 Å². The van der Waals surface area contributed by atoms with Crippen molar-refractivity contribution in [1.82, 2.24) is 10.6 Å². The van der Waals surface area contributed by atoms with Crippen LogP contribution in [0, 0.1) is 11.3 Å². The van der Waals surface area contributed by atoms with Crippen LogP contribution in [0.2, 0.25) is 0 Å². The molecule has 2 N–H and O–H groups in total. The second kappa shape index (κ2) is 7.99. The molecular weight excluding hydrogens is 378 g/mol. The van der Waals surface area contributed by atoms with Crippen molar-refractivity contribution < 1.29 is 13.9 Å². The molecule has 0 bridgehead atoms. The van der Waals surface area contributed by atoms with Crippen LogP contribution in [0.3, 0.4) is 0 Å². The first-order valence-electron chi connectivity index (χ1n) is 11.1. The minimum atomic E-state index is 0.0954. The van der Waals surface area contributed by atoms with E-state index in [4.69, 9.17) is 18.9 Å². The van der Waals surface area contributed by atoms with Crippen molar-refractivity contribution in [3.8, 4) is 5.75 Å². The average Bonchev–Trinajstić information content (AvgIpc) is 3.43. The van der Waals surface area contributed by atoms with Gasteiger partial charge in [-0.3, -0.25) is 4.99 Å². The Morgan fingerprint density at radius 3 is 2.87 bits per heavy atom. The number of ether oxygens (including phenoxy) is 2. The molecule has 0 amide bonds. The van der Waals surface area contributed by atoms with Crippen LogP contribution in [0.1, 0.15) is 44.1 Å². The van der Waals surface area contributed by atoms with Crippen molar-refractivity contribution in [2.75, 3.05) is 19.8 Å². The third kappa shape index (κ3) is 3.58. The molecule has 1 saturated heterocycles. The lowest BCUT2D eigenvalue weighted by atomic mass is 9.57. The Labute approximate surface area is 178 Å². The van der Waals surface area contributed by atoms with Gasteiger partial charge in [0.1, 0.15) is 11.5 Å². The van der Waals surface area contributed by atoms with E-state index < -0.39 is 0 Å². The molecule has 4 atom stereocenters. The standard InChI is InChI=1S/C24H31N3O3/c1-24(2)21(18-10-14-30-22(18)24)27-23(25-12-9-16-6-5-13-28-16)26-19-11-15-29-20-8-4-3-7-17(19)20/h3-8,13,18-19,21-22H,9-12,14-15H2,1-2H3,(H2,25,26,27). The SMILES string of the molecule is CC1(C)C(NC(=NCCc2ccco2)NC2CCOc3ccccc32)C2CCOC21. The molecule has 0 spiro atoms. The second-order valence-corrected chi connectivity index (χ2v) is 9.12. The zero-order valence-corrected chi connectivity index (χ0v) is 17.8. The lowest BCUT2D eigenvalue weighted by Gasteiger charge is -2.55. The van der Waals surface area contributed by atoms with Gasteiger partial charge in [0.2, 0.25) is 0 Å². The van der Waals surface area contributed by atoms with Gasteiger partial charge >= 0.3 is 0 Å². The fourth-order valence-electron chi connectivity index (χ4n) is 5.29. The largest absolute Gasteiger partial charge is 0.493 e. The third-order valence-corrected chi connectivity index (χ3v) is 6.87. The fourth-order valence-corrected chi connectivity index (χ4v) is 5.29. The van der Waals surface area contributed by atoms with Gasteiger partial charge in [0.25, 0.3) is 0 Å². The number of nitrogens with zero attached hydrogens (tertiary/aromatic N) is 1. The van der Waals surface area contributed by atoms with Crippen molar-refractivity contribution >= 4 is 5.96 Å².